The van der Waals surface area contributed by atoms with Crippen LogP contribution in [0.4, 0.5) is 0 Å². The van der Waals surface area contributed by atoms with Gasteiger partial charge in [0.15, 0.2) is 0 Å². The van der Waals surface area contributed by atoms with Gasteiger partial charge in [-0.2, -0.15) is 0 Å². The Bertz CT molecular complexity index is 213. The maximum atomic E-state index is 5.12. The third-order valence-corrected chi connectivity index (χ3v) is 1.94. The highest BCUT2D eigenvalue weighted by molar-refractivity contribution is 7.80. The zero-order valence-corrected chi connectivity index (χ0v) is 6.82. The molecule has 0 unspecified atom stereocenters. The van der Waals surface area contributed by atoms with Gasteiger partial charge in [0.05, 0.1) is 0 Å². The summed E-state index contributed by atoms with van der Waals surface area (Å²) in [5.74, 6) is 0. The minimum Gasteiger partial charge on any atom is -0.0843 e. The van der Waals surface area contributed by atoms with Gasteiger partial charge in [-0.1, -0.05) is 49.5 Å². The van der Waals surface area contributed by atoms with Crippen molar-refractivity contribution in [3.63, 3.8) is 0 Å². The number of benzene rings is 1. The van der Waals surface area contributed by atoms with E-state index in [0.29, 0.717) is 0 Å². The molecule has 0 aromatic heterocycles. The van der Waals surface area contributed by atoms with Crippen LogP contribution in [0.15, 0.2) is 30.3 Å². The Labute approximate surface area is 66.9 Å². The zero-order chi connectivity index (χ0) is 7.40. The summed E-state index contributed by atoms with van der Waals surface area (Å²) in [6, 6.07) is 10.1. The highest BCUT2D eigenvalue weighted by Crippen LogP contribution is 2.03. The first-order valence-electron chi connectivity index (χ1n) is 3.43. The molecule has 0 spiro atoms. The average Bonchev–Trinajstić information content (AvgIpc) is 2.05. The number of hydrogen-bond donors (Lipinski definition) is 0. The maximum absolute atomic E-state index is 5.12. The Morgan fingerprint density at radius 3 is 2.40 bits per heavy atom. The Morgan fingerprint density at radius 1 is 1.30 bits per heavy atom. The van der Waals surface area contributed by atoms with Gasteiger partial charge >= 0.3 is 0 Å². The molecule has 0 radical (unpaired) electrons. The Balaban J connectivity index is 2.85. The molecule has 0 bridgehead atoms. The second-order valence-corrected chi connectivity index (χ2v) is 2.64. The Hall–Kier alpha value is -0.690. The summed E-state index contributed by atoms with van der Waals surface area (Å²) >= 11 is 5.12. The van der Waals surface area contributed by atoms with E-state index in [2.05, 4.69) is 6.92 Å². The summed E-state index contributed by atoms with van der Waals surface area (Å²) in [6.45, 7) is 2.08. The van der Waals surface area contributed by atoms with Gasteiger partial charge in [-0.3, -0.25) is 0 Å². The molecule has 0 aliphatic carbocycles. The lowest BCUT2D eigenvalue weighted by molar-refractivity contribution is 1.31. The lowest BCUT2D eigenvalue weighted by Crippen LogP contribution is -1.92. The van der Waals surface area contributed by atoms with E-state index in [1.54, 1.807) is 0 Å². The van der Waals surface area contributed by atoms with Crippen LogP contribution in [0.2, 0.25) is 0 Å². The summed E-state index contributed by atoms with van der Waals surface area (Å²) in [5, 5.41) is 0. The van der Waals surface area contributed by atoms with Crippen molar-refractivity contribution in [2.45, 2.75) is 13.3 Å². The summed E-state index contributed by atoms with van der Waals surface area (Å²) < 4.78 is 0. The van der Waals surface area contributed by atoms with Crippen molar-refractivity contribution in [2.24, 2.45) is 0 Å². The van der Waals surface area contributed by atoms with Gasteiger partial charge in [-0.05, 0) is 12.0 Å². The molecule has 0 aliphatic heterocycles. The van der Waals surface area contributed by atoms with E-state index in [1.165, 1.54) is 5.56 Å². The molecule has 1 rings (SSSR count). The van der Waals surface area contributed by atoms with E-state index in [4.69, 9.17) is 12.2 Å². The molecule has 1 aromatic rings. The van der Waals surface area contributed by atoms with Crippen LogP contribution in [0, 0.1) is 0 Å². The van der Waals surface area contributed by atoms with Crippen LogP contribution < -0.4 is 0 Å². The Morgan fingerprint density at radius 2 is 1.90 bits per heavy atom. The first kappa shape index (κ1) is 7.42. The first-order valence-corrected chi connectivity index (χ1v) is 3.83. The predicted octanol–water partition coefficient (Wildman–Crippen LogP) is 2.81. The first-order chi connectivity index (χ1) is 4.84. The quantitative estimate of drug-likeness (QED) is 0.461. The predicted molar refractivity (Wildman–Crippen MR) is 48.4 cm³/mol. The van der Waals surface area contributed by atoms with Crippen molar-refractivity contribution in [3.05, 3.63) is 35.9 Å². The molecule has 0 N–H and O–H groups in total. The minimum absolute atomic E-state index is 0.958. The molecule has 0 heterocycles. The highest BCUT2D eigenvalue weighted by Gasteiger charge is 1.93. The fraction of sp³-hybridized carbons (Fsp3) is 0.222. The van der Waals surface area contributed by atoms with Gasteiger partial charge in [0.2, 0.25) is 0 Å². The van der Waals surface area contributed by atoms with Gasteiger partial charge in [0.1, 0.15) is 0 Å². The van der Waals surface area contributed by atoms with Gasteiger partial charge < -0.3 is 0 Å². The second-order valence-electron chi connectivity index (χ2n) is 2.14. The molecular formula is C9H10S. The van der Waals surface area contributed by atoms with Crippen LogP contribution in [-0.2, 0) is 0 Å². The van der Waals surface area contributed by atoms with Gasteiger partial charge in [-0.15, -0.1) is 0 Å². The monoisotopic (exact) mass is 150 g/mol. The lowest BCUT2D eigenvalue weighted by atomic mass is 10.1. The second kappa shape index (κ2) is 3.47. The smallest absolute Gasteiger partial charge is 0.0221 e. The number of thiocarbonyl (C=S) groups is 1. The van der Waals surface area contributed by atoms with E-state index >= 15 is 0 Å². The van der Waals surface area contributed by atoms with Crippen LogP contribution >= 0.6 is 12.2 Å². The van der Waals surface area contributed by atoms with E-state index in [9.17, 15) is 0 Å². The molecule has 0 saturated heterocycles. The standard InChI is InChI=1S/C9H10S/c1-2-9(10)8-6-4-3-5-7-8/h3-7H,2H2,1H3. The summed E-state index contributed by atoms with van der Waals surface area (Å²) in [6.07, 6.45) is 0.958. The van der Waals surface area contributed by atoms with Crippen molar-refractivity contribution in [1.29, 1.82) is 0 Å². The van der Waals surface area contributed by atoms with E-state index in [-0.39, 0.29) is 0 Å². The molecule has 1 aromatic carbocycles. The molecule has 0 aliphatic rings. The lowest BCUT2D eigenvalue weighted by Gasteiger charge is -1.97. The maximum Gasteiger partial charge on any atom is 0.0221 e. The van der Waals surface area contributed by atoms with E-state index in [0.717, 1.165) is 11.3 Å². The topological polar surface area (TPSA) is 0 Å². The zero-order valence-electron chi connectivity index (χ0n) is 6.00. The summed E-state index contributed by atoms with van der Waals surface area (Å²) in [5.41, 5.74) is 1.18. The van der Waals surface area contributed by atoms with Gasteiger partial charge in [-0.25, -0.2) is 0 Å². The van der Waals surface area contributed by atoms with E-state index in [1.807, 2.05) is 30.3 Å². The highest BCUT2D eigenvalue weighted by atomic mass is 32.1. The number of hydrogen-bond acceptors (Lipinski definition) is 1. The van der Waals surface area contributed by atoms with Crippen LogP contribution in [0.25, 0.3) is 0 Å². The summed E-state index contributed by atoms with van der Waals surface area (Å²) in [4.78, 5) is 1.04. The van der Waals surface area contributed by atoms with Crippen LogP contribution in [0.3, 0.4) is 0 Å². The third-order valence-electron chi connectivity index (χ3n) is 1.42. The van der Waals surface area contributed by atoms with Gasteiger partial charge in [0.25, 0.3) is 0 Å². The minimum atomic E-state index is 0.958. The fourth-order valence-corrected chi connectivity index (χ4v) is 0.964. The molecule has 52 valence electrons. The fourth-order valence-electron chi connectivity index (χ4n) is 0.828. The van der Waals surface area contributed by atoms with Crippen molar-refractivity contribution < 1.29 is 0 Å². The van der Waals surface area contributed by atoms with Gasteiger partial charge in [0, 0.05) is 4.86 Å². The molecule has 0 fully saturated rings. The molecule has 0 nitrogen and oxygen atoms in total. The summed E-state index contributed by atoms with van der Waals surface area (Å²) in [7, 11) is 0. The molecule has 10 heavy (non-hydrogen) atoms. The molecule has 0 atom stereocenters. The normalized spacial score (nSPS) is 9.30. The van der Waals surface area contributed by atoms with Crippen molar-refractivity contribution >= 4 is 17.1 Å². The van der Waals surface area contributed by atoms with Crippen molar-refractivity contribution in [1.82, 2.24) is 0 Å². The number of rotatable bonds is 2. The third kappa shape index (κ3) is 1.64. The Kier molecular flexibility index (Phi) is 2.57. The van der Waals surface area contributed by atoms with E-state index < -0.39 is 0 Å². The molecule has 0 saturated carbocycles. The molecule has 0 amide bonds. The largest absolute Gasteiger partial charge is 0.0843 e. The molecule has 1 heteroatoms. The van der Waals surface area contributed by atoms with Crippen LogP contribution in [-0.4, -0.2) is 4.86 Å². The SMILES string of the molecule is CCC(=S)c1ccccc1. The average molecular weight is 150 g/mol. The van der Waals surface area contributed by atoms with Crippen LogP contribution in [0.5, 0.6) is 0 Å². The van der Waals surface area contributed by atoms with Crippen LogP contribution in [0.1, 0.15) is 18.9 Å². The molecular weight excluding hydrogens is 140 g/mol. The van der Waals surface area contributed by atoms with Crippen molar-refractivity contribution in [3.8, 4) is 0 Å². The van der Waals surface area contributed by atoms with Crippen molar-refractivity contribution in [2.75, 3.05) is 0 Å².